The van der Waals surface area contributed by atoms with Crippen LogP contribution in [0.2, 0.25) is 0 Å². The molecule has 0 amide bonds. The van der Waals surface area contributed by atoms with Gasteiger partial charge in [-0.25, -0.2) is 4.79 Å². The summed E-state index contributed by atoms with van der Waals surface area (Å²) < 4.78 is 6.03. The monoisotopic (exact) mass is 492 g/mol. The Morgan fingerprint density at radius 3 is 2.36 bits per heavy atom. The molecule has 0 aromatic heterocycles. The minimum Gasteiger partial charge on any atom is -0.508 e. The summed E-state index contributed by atoms with van der Waals surface area (Å²) in [6, 6.07) is 4.85. The zero-order chi connectivity index (χ0) is 25.8. The average molecular weight is 493 g/mol. The smallest absolute Gasteiger partial charge is 0.335 e. The van der Waals surface area contributed by atoms with Crippen LogP contribution in [-0.4, -0.2) is 59.6 Å². The summed E-state index contributed by atoms with van der Waals surface area (Å²) in [5, 5.41) is 19.9. The zero-order valence-electron chi connectivity index (χ0n) is 21.6. The number of aliphatic hydroxyl groups excluding tert-OH is 1. The Labute approximate surface area is 213 Å². The third-order valence-electron chi connectivity index (χ3n) is 6.19. The van der Waals surface area contributed by atoms with Gasteiger partial charge in [-0.15, -0.1) is 0 Å². The molecule has 0 saturated carbocycles. The van der Waals surface area contributed by atoms with Gasteiger partial charge in [0, 0.05) is 62.4 Å². The molecule has 1 aromatic carbocycles. The molecule has 1 atom stereocenters. The lowest BCUT2D eigenvalue weighted by molar-refractivity contribution is 0.0696. The number of hydrogen-bond donors (Lipinski definition) is 2. The normalized spacial score (nSPS) is 20.0. The standard InChI is InChI=1S/C20H21NO4.C9H13N.H2O/c1-12-15-10-13(19(23)24)8-9-16(15)20(2,25-12)17-7-5-6-14(21(3)4)11-18(17)22;1-10(2)9-7-5-3-4-6-8-9;/h5-6,8-11,22H,1,7H2,2-4H3,(H,23,24);3,5-8H,4H2,1-2H3;1H2. The first-order valence-corrected chi connectivity index (χ1v) is 11.5. The molecule has 0 fully saturated rings. The molecule has 0 bridgehead atoms. The minimum absolute atomic E-state index is 0. The molecule has 7 nitrogen and oxygen atoms in total. The number of carboxylic acids is 1. The Hall–Kier alpha value is -3.97. The van der Waals surface area contributed by atoms with E-state index >= 15 is 0 Å². The van der Waals surface area contributed by atoms with Crippen LogP contribution in [0.15, 0.2) is 96.1 Å². The summed E-state index contributed by atoms with van der Waals surface area (Å²) in [6.07, 6.45) is 17.9. The van der Waals surface area contributed by atoms with Crippen LogP contribution < -0.4 is 0 Å². The summed E-state index contributed by atoms with van der Waals surface area (Å²) >= 11 is 0. The SMILES string of the molecule is C=C1OC(C)(C2=C(O)C=C(N(C)C)C=CC2)c2ccc(C(=O)O)cc21.CN(C)C1=CC=CCC=C1.O. The van der Waals surface area contributed by atoms with E-state index in [1.54, 1.807) is 24.3 Å². The Balaban J connectivity index is 0.000000350. The largest absolute Gasteiger partial charge is 0.508 e. The van der Waals surface area contributed by atoms with Crippen LogP contribution in [-0.2, 0) is 10.3 Å². The molecule has 1 aromatic rings. The number of ether oxygens (including phenoxy) is 1. The second-order valence-corrected chi connectivity index (χ2v) is 9.11. The van der Waals surface area contributed by atoms with E-state index in [1.807, 2.05) is 38.1 Å². The van der Waals surface area contributed by atoms with Crippen molar-refractivity contribution in [1.82, 2.24) is 9.80 Å². The molecular weight excluding hydrogens is 456 g/mol. The first kappa shape index (κ1) is 28.3. The number of fused-ring (bicyclic) bond motifs is 1. The van der Waals surface area contributed by atoms with Gasteiger partial charge in [0.2, 0.25) is 0 Å². The van der Waals surface area contributed by atoms with E-state index in [1.165, 1.54) is 5.70 Å². The fourth-order valence-corrected chi connectivity index (χ4v) is 4.17. The van der Waals surface area contributed by atoms with Crippen molar-refractivity contribution in [2.45, 2.75) is 25.4 Å². The first-order chi connectivity index (χ1) is 16.5. The molecular formula is C29H36N2O5. The summed E-state index contributed by atoms with van der Waals surface area (Å²) in [5.74, 6) is -0.438. The fraction of sp³-hybridized carbons (Fsp3) is 0.276. The number of benzene rings is 1. The van der Waals surface area contributed by atoms with Crippen LogP contribution in [0.3, 0.4) is 0 Å². The number of rotatable bonds is 4. The van der Waals surface area contributed by atoms with Crippen LogP contribution in [0.25, 0.3) is 5.76 Å². The second kappa shape index (κ2) is 11.6. The highest BCUT2D eigenvalue weighted by atomic mass is 16.5. The Bertz CT molecular complexity index is 1200. The maximum absolute atomic E-state index is 11.2. The molecule has 0 saturated heterocycles. The van der Waals surface area contributed by atoms with Crippen LogP contribution in [0, 0.1) is 0 Å². The topological polar surface area (TPSA) is 105 Å². The number of likely N-dealkylation sites (N-methyl/N-ethyl adjacent to an activating group) is 2. The highest BCUT2D eigenvalue weighted by Gasteiger charge is 2.43. The number of carbonyl (C=O) groups is 1. The van der Waals surface area contributed by atoms with Crippen molar-refractivity contribution in [3.63, 3.8) is 0 Å². The third kappa shape index (κ3) is 5.98. The van der Waals surface area contributed by atoms with Crippen molar-refractivity contribution in [2.75, 3.05) is 28.2 Å². The van der Waals surface area contributed by atoms with E-state index < -0.39 is 11.6 Å². The van der Waals surface area contributed by atoms with Crippen LogP contribution >= 0.6 is 0 Å². The van der Waals surface area contributed by atoms with Crippen LogP contribution in [0.5, 0.6) is 0 Å². The number of hydrogen-bond acceptors (Lipinski definition) is 5. The van der Waals surface area contributed by atoms with Gasteiger partial charge < -0.3 is 30.2 Å². The molecule has 192 valence electrons. The van der Waals surface area contributed by atoms with Gasteiger partial charge in [-0.2, -0.15) is 0 Å². The lowest BCUT2D eigenvalue weighted by atomic mass is 9.84. The summed E-state index contributed by atoms with van der Waals surface area (Å²) in [6.45, 7) is 5.79. The third-order valence-corrected chi connectivity index (χ3v) is 6.19. The summed E-state index contributed by atoms with van der Waals surface area (Å²) in [7, 11) is 7.92. The lowest BCUT2D eigenvalue weighted by Gasteiger charge is -2.28. The molecule has 3 aliphatic rings. The second-order valence-electron chi connectivity index (χ2n) is 9.11. The number of nitrogens with zero attached hydrogens (tertiary/aromatic N) is 2. The number of allylic oxidation sites excluding steroid dienone is 8. The van der Waals surface area contributed by atoms with Crippen molar-refractivity contribution in [1.29, 1.82) is 0 Å². The molecule has 4 rings (SSSR count). The molecule has 1 heterocycles. The Morgan fingerprint density at radius 2 is 1.72 bits per heavy atom. The van der Waals surface area contributed by atoms with Crippen molar-refractivity contribution < 1.29 is 25.2 Å². The predicted octanol–water partition coefficient (Wildman–Crippen LogP) is 4.94. The van der Waals surface area contributed by atoms with E-state index in [0.29, 0.717) is 23.3 Å². The quantitative estimate of drug-likeness (QED) is 0.617. The molecule has 4 N–H and O–H groups in total. The molecule has 1 aliphatic heterocycles. The van der Waals surface area contributed by atoms with Crippen molar-refractivity contribution in [3.8, 4) is 0 Å². The van der Waals surface area contributed by atoms with Crippen molar-refractivity contribution in [2.24, 2.45) is 0 Å². The average Bonchev–Trinajstić information content (AvgIpc) is 3.06. The maximum Gasteiger partial charge on any atom is 0.335 e. The van der Waals surface area contributed by atoms with E-state index in [2.05, 4.69) is 56.0 Å². The highest BCUT2D eigenvalue weighted by Crippen LogP contribution is 2.49. The van der Waals surface area contributed by atoms with Crippen molar-refractivity contribution in [3.05, 3.63) is 113 Å². The molecule has 0 radical (unpaired) electrons. The summed E-state index contributed by atoms with van der Waals surface area (Å²) in [4.78, 5) is 15.2. The molecule has 7 heteroatoms. The predicted molar refractivity (Wildman–Crippen MR) is 144 cm³/mol. The number of aromatic carboxylic acids is 1. The van der Waals surface area contributed by atoms with Gasteiger partial charge in [-0.3, -0.25) is 0 Å². The van der Waals surface area contributed by atoms with Gasteiger partial charge in [-0.1, -0.05) is 36.9 Å². The van der Waals surface area contributed by atoms with E-state index in [-0.39, 0.29) is 16.8 Å². The highest BCUT2D eigenvalue weighted by molar-refractivity contribution is 5.89. The van der Waals surface area contributed by atoms with Gasteiger partial charge in [0.05, 0.1) is 5.56 Å². The van der Waals surface area contributed by atoms with Gasteiger partial charge in [0.15, 0.2) is 5.60 Å². The zero-order valence-corrected chi connectivity index (χ0v) is 21.6. The lowest BCUT2D eigenvalue weighted by Crippen LogP contribution is -2.25. The molecule has 1 unspecified atom stereocenters. The van der Waals surface area contributed by atoms with Crippen molar-refractivity contribution >= 4 is 11.7 Å². The number of carboxylic acid groups (broad SMARTS) is 1. The van der Waals surface area contributed by atoms with Gasteiger partial charge in [0.1, 0.15) is 11.5 Å². The first-order valence-electron chi connectivity index (χ1n) is 11.5. The van der Waals surface area contributed by atoms with Gasteiger partial charge >= 0.3 is 5.97 Å². The molecule has 36 heavy (non-hydrogen) atoms. The van der Waals surface area contributed by atoms with E-state index in [9.17, 15) is 15.0 Å². The van der Waals surface area contributed by atoms with Gasteiger partial charge in [-0.05, 0) is 50.1 Å². The maximum atomic E-state index is 11.2. The molecule has 2 aliphatic carbocycles. The number of aliphatic hydroxyl groups is 1. The van der Waals surface area contributed by atoms with Crippen LogP contribution in [0.1, 0.15) is 41.3 Å². The van der Waals surface area contributed by atoms with Gasteiger partial charge in [0.25, 0.3) is 0 Å². The van der Waals surface area contributed by atoms with E-state index in [4.69, 9.17) is 4.74 Å². The summed E-state index contributed by atoms with van der Waals surface area (Å²) in [5.41, 5.74) is 3.61. The minimum atomic E-state index is -0.998. The van der Waals surface area contributed by atoms with E-state index in [0.717, 1.165) is 17.7 Å². The Kier molecular flexibility index (Phi) is 9.14. The molecule has 0 spiro atoms. The van der Waals surface area contributed by atoms with Crippen LogP contribution in [0.4, 0.5) is 0 Å². The Morgan fingerprint density at radius 1 is 1.06 bits per heavy atom. The fourth-order valence-electron chi connectivity index (χ4n) is 4.17.